The molecule has 0 aliphatic rings. The van der Waals surface area contributed by atoms with Crippen LogP contribution in [0.3, 0.4) is 0 Å². The number of ether oxygens (including phenoxy) is 1. The number of halogens is 1. The van der Waals surface area contributed by atoms with Gasteiger partial charge < -0.3 is 4.74 Å². The Balaban J connectivity index is 2.12. The molecule has 1 aromatic heterocycles. The molecule has 0 saturated heterocycles. The average Bonchev–Trinajstić information content (AvgIpc) is 2.40. The highest BCUT2D eigenvalue weighted by Gasteiger charge is 2.04. The normalized spacial score (nSPS) is 9.83. The van der Waals surface area contributed by atoms with Crippen molar-refractivity contribution in [3.63, 3.8) is 0 Å². The lowest BCUT2D eigenvalue weighted by Crippen LogP contribution is -2.00. The minimum atomic E-state index is -0.263. The third-order valence-corrected chi connectivity index (χ3v) is 2.52. The maximum Gasteiger partial charge on any atom is 0.147 e. The summed E-state index contributed by atoms with van der Waals surface area (Å²) in [6.45, 7) is 1.91. The van der Waals surface area contributed by atoms with E-state index in [0.717, 1.165) is 0 Å². The molecular formula is C14H11FN2O. The van der Waals surface area contributed by atoms with Crippen LogP contribution < -0.4 is 4.74 Å². The van der Waals surface area contributed by atoms with Crippen LogP contribution in [0, 0.1) is 24.1 Å². The first-order valence-corrected chi connectivity index (χ1v) is 5.43. The van der Waals surface area contributed by atoms with E-state index in [0.29, 0.717) is 22.6 Å². The Bertz CT molecular complexity index is 605. The van der Waals surface area contributed by atoms with Gasteiger partial charge in [0.05, 0.1) is 0 Å². The monoisotopic (exact) mass is 242 g/mol. The Morgan fingerprint density at radius 3 is 2.94 bits per heavy atom. The largest absolute Gasteiger partial charge is 0.489 e. The summed E-state index contributed by atoms with van der Waals surface area (Å²) < 4.78 is 18.6. The number of hydrogen-bond acceptors (Lipinski definition) is 3. The summed E-state index contributed by atoms with van der Waals surface area (Å²) in [6.07, 6.45) is 1.56. The quantitative estimate of drug-likeness (QED) is 0.831. The van der Waals surface area contributed by atoms with Crippen LogP contribution in [0.1, 0.15) is 16.8 Å². The first-order chi connectivity index (χ1) is 8.70. The molecule has 0 aliphatic heterocycles. The zero-order valence-electron chi connectivity index (χ0n) is 9.85. The minimum Gasteiger partial charge on any atom is -0.489 e. The van der Waals surface area contributed by atoms with Gasteiger partial charge in [0.15, 0.2) is 0 Å². The number of rotatable bonds is 3. The number of pyridine rings is 1. The number of hydrogen-bond donors (Lipinski definition) is 0. The van der Waals surface area contributed by atoms with Crippen molar-refractivity contribution in [2.75, 3.05) is 0 Å². The molecule has 0 spiro atoms. The molecule has 0 radical (unpaired) electrons. The summed E-state index contributed by atoms with van der Waals surface area (Å²) in [6, 6.07) is 10.1. The third kappa shape index (κ3) is 2.64. The molecule has 2 aromatic rings. The smallest absolute Gasteiger partial charge is 0.147 e. The summed E-state index contributed by atoms with van der Waals surface area (Å²) in [5, 5.41) is 8.88. The number of nitriles is 1. The van der Waals surface area contributed by atoms with Gasteiger partial charge in [-0.05, 0) is 36.8 Å². The van der Waals surface area contributed by atoms with Crippen LogP contribution >= 0.6 is 0 Å². The number of aromatic nitrogens is 1. The molecule has 4 heteroatoms. The highest BCUT2D eigenvalue weighted by molar-refractivity contribution is 5.32. The molecule has 0 atom stereocenters. The van der Waals surface area contributed by atoms with Crippen LogP contribution in [-0.4, -0.2) is 4.98 Å². The fourth-order valence-corrected chi connectivity index (χ4v) is 1.52. The van der Waals surface area contributed by atoms with E-state index < -0.39 is 0 Å². The summed E-state index contributed by atoms with van der Waals surface area (Å²) in [5.74, 6) is 0.308. The zero-order chi connectivity index (χ0) is 13.0. The molecule has 0 aliphatic carbocycles. The second-order valence-corrected chi connectivity index (χ2v) is 3.82. The first kappa shape index (κ1) is 12.1. The third-order valence-electron chi connectivity index (χ3n) is 2.52. The van der Waals surface area contributed by atoms with Crippen molar-refractivity contribution in [2.24, 2.45) is 0 Å². The fourth-order valence-electron chi connectivity index (χ4n) is 1.52. The SMILES string of the molecule is Cc1cc(OCc2cccnc2C#N)ccc1F. The van der Waals surface area contributed by atoms with E-state index in [-0.39, 0.29) is 12.4 Å². The van der Waals surface area contributed by atoms with Gasteiger partial charge in [0.1, 0.15) is 29.9 Å². The second kappa shape index (κ2) is 5.28. The Kier molecular flexibility index (Phi) is 3.54. The van der Waals surface area contributed by atoms with E-state index in [9.17, 15) is 4.39 Å². The molecule has 2 rings (SSSR count). The van der Waals surface area contributed by atoms with Gasteiger partial charge in [0.25, 0.3) is 0 Å². The Morgan fingerprint density at radius 2 is 2.22 bits per heavy atom. The summed E-state index contributed by atoms with van der Waals surface area (Å²) in [4.78, 5) is 3.94. The van der Waals surface area contributed by atoms with Crippen molar-refractivity contribution in [2.45, 2.75) is 13.5 Å². The van der Waals surface area contributed by atoms with E-state index in [4.69, 9.17) is 10.00 Å². The maximum absolute atomic E-state index is 13.1. The molecule has 18 heavy (non-hydrogen) atoms. The summed E-state index contributed by atoms with van der Waals surface area (Å²) in [5.41, 5.74) is 1.58. The van der Waals surface area contributed by atoms with Crippen molar-refractivity contribution >= 4 is 0 Å². The molecule has 0 unspecified atom stereocenters. The van der Waals surface area contributed by atoms with Gasteiger partial charge in [-0.2, -0.15) is 5.26 Å². The van der Waals surface area contributed by atoms with E-state index in [1.54, 1.807) is 37.4 Å². The predicted octanol–water partition coefficient (Wildman–Crippen LogP) is 2.98. The van der Waals surface area contributed by atoms with Gasteiger partial charge in [0.2, 0.25) is 0 Å². The van der Waals surface area contributed by atoms with Crippen LogP contribution in [-0.2, 0) is 6.61 Å². The van der Waals surface area contributed by atoms with Crippen LogP contribution in [0.2, 0.25) is 0 Å². The van der Waals surface area contributed by atoms with Gasteiger partial charge in [-0.1, -0.05) is 6.07 Å². The van der Waals surface area contributed by atoms with Gasteiger partial charge in [0, 0.05) is 11.8 Å². The van der Waals surface area contributed by atoms with Crippen molar-refractivity contribution < 1.29 is 9.13 Å². The Labute approximate surface area is 104 Å². The molecule has 90 valence electrons. The lowest BCUT2D eigenvalue weighted by atomic mass is 10.2. The van der Waals surface area contributed by atoms with Crippen LogP contribution in [0.15, 0.2) is 36.5 Å². The lowest BCUT2D eigenvalue weighted by molar-refractivity contribution is 0.304. The maximum atomic E-state index is 13.1. The molecule has 0 N–H and O–H groups in total. The van der Waals surface area contributed by atoms with Gasteiger partial charge in [-0.3, -0.25) is 0 Å². The topological polar surface area (TPSA) is 45.9 Å². The van der Waals surface area contributed by atoms with Crippen molar-refractivity contribution in [1.29, 1.82) is 5.26 Å². The molecule has 0 bridgehead atoms. The average molecular weight is 242 g/mol. The summed E-state index contributed by atoms with van der Waals surface area (Å²) >= 11 is 0. The first-order valence-electron chi connectivity index (χ1n) is 5.43. The number of aryl methyl sites for hydroxylation is 1. The summed E-state index contributed by atoms with van der Waals surface area (Å²) in [7, 11) is 0. The fraction of sp³-hybridized carbons (Fsp3) is 0.143. The lowest BCUT2D eigenvalue weighted by Gasteiger charge is -2.08. The molecule has 1 aromatic carbocycles. The van der Waals surface area contributed by atoms with E-state index in [1.165, 1.54) is 6.07 Å². The number of nitrogens with zero attached hydrogens (tertiary/aromatic N) is 2. The molecular weight excluding hydrogens is 231 g/mol. The van der Waals surface area contributed by atoms with Gasteiger partial charge >= 0.3 is 0 Å². The van der Waals surface area contributed by atoms with Crippen LogP contribution in [0.5, 0.6) is 5.75 Å². The highest BCUT2D eigenvalue weighted by atomic mass is 19.1. The van der Waals surface area contributed by atoms with Crippen LogP contribution in [0.25, 0.3) is 0 Å². The van der Waals surface area contributed by atoms with Crippen molar-refractivity contribution in [1.82, 2.24) is 4.98 Å². The standard InChI is InChI=1S/C14H11FN2O/c1-10-7-12(4-5-13(10)15)18-9-11-3-2-6-17-14(11)8-16/h2-7H,9H2,1H3. The van der Waals surface area contributed by atoms with Crippen molar-refractivity contribution in [3.8, 4) is 11.8 Å². The molecule has 0 saturated carbocycles. The molecule has 3 nitrogen and oxygen atoms in total. The molecule has 0 fully saturated rings. The van der Waals surface area contributed by atoms with Crippen molar-refractivity contribution in [3.05, 3.63) is 59.2 Å². The number of benzene rings is 1. The molecule has 1 heterocycles. The molecule has 0 amide bonds. The highest BCUT2D eigenvalue weighted by Crippen LogP contribution is 2.17. The van der Waals surface area contributed by atoms with Crippen LogP contribution in [0.4, 0.5) is 4.39 Å². The van der Waals surface area contributed by atoms with E-state index in [1.807, 2.05) is 6.07 Å². The van der Waals surface area contributed by atoms with E-state index >= 15 is 0 Å². The minimum absolute atomic E-state index is 0.238. The van der Waals surface area contributed by atoms with Gasteiger partial charge in [-0.15, -0.1) is 0 Å². The zero-order valence-corrected chi connectivity index (χ0v) is 9.85. The Morgan fingerprint density at radius 1 is 1.39 bits per heavy atom. The van der Waals surface area contributed by atoms with E-state index in [2.05, 4.69) is 4.98 Å². The van der Waals surface area contributed by atoms with Gasteiger partial charge in [-0.25, -0.2) is 9.37 Å². The predicted molar refractivity (Wildman–Crippen MR) is 64.4 cm³/mol. The second-order valence-electron chi connectivity index (χ2n) is 3.82. The Hall–Kier alpha value is -2.41.